The number of rotatable bonds is 5. The molecule has 1 heterocycles. The Bertz CT molecular complexity index is 550. The Labute approximate surface area is 111 Å². The number of halogens is 1. The summed E-state index contributed by atoms with van der Waals surface area (Å²) in [5.74, 6) is -0.893. The van der Waals surface area contributed by atoms with Gasteiger partial charge in [-0.2, -0.15) is 0 Å². The maximum atomic E-state index is 13.5. The van der Waals surface area contributed by atoms with Crippen LogP contribution >= 0.6 is 0 Å². The molecule has 0 amide bonds. The van der Waals surface area contributed by atoms with E-state index in [2.05, 4.69) is 9.71 Å². The summed E-state index contributed by atoms with van der Waals surface area (Å²) in [5.41, 5.74) is 5.75. The van der Waals surface area contributed by atoms with Crippen molar-refractivity contribution in [3.63, 3.8) is 0 Å². The Morgan fingerprint density at radius 3 is 2.95 bits per heavy atom. The van der Waals surface area contributed by atoms with Crippen LogP contribution in [0, 0.1) is 5.82 Å². The lowest BCUT2D eigenvalue weighted by molar-refractivity contribution is -0.0248. The Morgan fingerprint density at radius 2 is 2.37 bits per heavy atom. The zero-order chi connectivity index (χ0) is 14.0. The molecule has 106 valence electrons. The fourth-order valence-corrected chi connectivity index (χ4v) is 3.32. The zero-order valence-corrected chi connectivity index (χ0v) is 11.2. The van der Waals surface area contributed by atoms with E-state index in [9.17, 15) is 12.8 Å². The highest BCUT2D eigenvalue weighted by Gasteiger charge is 2.42. The Morgan fingerprint density at radius 1 is 1.63 bits per heavy atom. The second-order valence-electron chi connectivity index (χ2n) is 4.33. The summed E-state index contributed by atoms with van der Waals surface area (Å²) < 4.78 is 45.2. The van der Waals surface area contributed by atoms with Crippen molar-refractivity contribution in [2.75, 3.05) is 6.61 Å². The van der Waals surface area contributed by atoms with Crippen molar-refractivity contribution in [1.29, 1.82) is 0 Å². The Balaban J connectivity index is 2.16. The van der Waals surface area contributed by atoms with Gasteiger partial charge in [-0.25, -0.2) is 22.5 Å². The van der Waals surface area contributed by atoms with Crippen LogP contribution in [0.5, 0.6) is 0 Å². The predicted octanol–water partition coefficient (Wildman–Crippen LogP) is 0.00370. The van der Waals surface area contributed by atoms with E-state index in [0.29, 0.717) is 13.0 Å². The van der Waals surface area contributed by atoms with Crippen LogP contribution in [0.1, 0.15) is 13.3 Å². The van der Waals surface area contributed by atoms with Crippen LogP contribution < -0.4 is 10.5 Å². The van der Waals surface area contributed by atoms with Crippen LogP contribution in [0.4, 0.5) is 4.39 Å². The van der Waals surface area contributed by atoms with Gasteiger partial charge in [0.15, 0.2) is 5.82 Å². The number of nitrogens with two attached hydrogens (primary N) is 1. The van der Waals surface area contributed by atoms with Crippen molar-refractivity contribution in [3.8, 4) is 0 Å². The van der Waals surface area contributed by atoms with Crippen molar-refractivity contribution in [2.24, 2.45) is 5.73 Å². The first-order chi connectivity index (χ1) is 8.95. The van der Waals surface area contributed by atoms with Gasteiger partial charge in [0.05, 0.1) is 12.1 Å². The third-order valence-electron chi connectivity index (χ3n) is 3.02. The number of pyridine rings is 1. The molecule has 0 radical (unpaired) electrons. The molecule has 2 rings (SSSR count). The van der Waals surface area contributed by atoms with Crippen LogP contribution in [0.25, 0.3) is 0 Å². The molecule has 0 aromatic carbocycles. The monoisotopic (exact) mass is 289 g/mol. The average molecular weight is 289 g/mol. The second kappa shape index (κ2) is 5.49. The van der Waals surface area contributed by atoms with E-state index >= 15 is 0 Å². The summed E-state index contributed by atoms with van der Waals surface area (Å²) in [5, 5.41) is -0.621. The summed E-state index contributed by atoms with van der Waals surface area (Å²) in [6.45, 7) is 2.28. The highest BCUT2D eigenvalue weighted by atomic mass is 32.2. The van der Waals surface area contributed by atoms with Crippen molar-refractivity contribution >= 4 is 10.0 Å². The molecule has 0 spiro atoms. The minimum absolute atomic E-state index is 0.276. The summed E-state index contributed by atoms with van der Waals surface area (Å²) in [6.07, 6.45) is 1.52. The molecule has 8 heteroatoms. The predicted molar refractivity (Wildman–Crippen MR) is 66.3 cm³/mol. The van der Waals surface area contributed by atoms with E-state index in [0.717, 1.165) is 6.07 Å². The number of ether oxygens (including phenoxy) is 1. The molecule has 6 nitrogen and oxygen atoms in total. The summed E-state index contributed by atoms with van der Waals surface area (Å²) in [6, 6.07) is 1.49. The molecule has 0 bridgehead atoms. The first-order valence-electron chi connectivity index (χ1n) is 5.95. The van der Waals surface area contributed by atoms with Gasteiger partial charge >= 0.3 is 0 Å². The van der Waals surface area contributed by atoms with Crippen LogP contribution in [-0.4, -0.2) is 38.2 Å². The molecule has 1 fully saturated rings. The molecule has 1 aromatic heterocycles. The fourth-order valence-electron chi connectivity index (χ4n) is 1.99. The fraction of sp³-hybridized carbons (Fsp3) is 0.545. The first-order valence-corrected chi connectivity index (χ1v) is 7.44. The molecule has 19 heavy (non-hydrogen) atoms. The van der Waals surface area contributed by atoms with E-state index in [1.165, 1.54) is 12.3 Å². The molecular formula is C11H16FN3O3S. The minimum atomic E-state index is -4.03. The van der Waals surface area contributed by atoms with Crippen LogP contribution in [0.15, 0.2) is 23.4 Å². The normalized spacial score (nSPS) is 27.0. The SMILES string of the molecule is CCOC1CC(N)C1NS(=O)(=O)c1ncccc1F. The van der Waals surface area contributed by atoms with Gasteiger partial charge in [0.2, 0.25) is 5.03 Å². The molecular weight excluding hydrogens is 273 g/mol. The van der Waals surface area contributed by atoms with Gasteiger partial charge in [-0.05, 0) is 25.5 Å². The van der Waals surface area contributed by atoms with Gasteiger partial charge in [0.25, 0.3) is 10.0 Å². The van der Waals surface area contributed by atoms with Crippen molar-refractivity contribution in [1.82, 2.24) is 9.71 Å². The van der Waals surface area contributed by atoms with Gasteiger partial charge in [0, 0.05) is 18.8 Å². The van der Waals surface area contributed by atoms with E-state index in [1.54, 1.807) is 0 Å². The van der Waals surface area contributed by atoms with Gasteiger partial charge in [-0.3, -0.25) is 0 Å². The van der Waals surface area contributed by atoms with E-state index in [4.69, 9.17) is 10.5 Å². The Hall–Kier alpha value is -1.09. The highest BCUT2D eigenvalue weighted by Crippen LogP contribution is 2.24. The number of nitrogens with zero attached hydrogens (tertiary/aromatic N) is 1. The number of aromatic nitrogens is 1. The van der Waals surface area contributed by atoms with Gasteiger partial charge in [-0.1, -0.05) is 0 Å². The maximum Gasteiger partial charge on any atom is 0.261 e. The molecule has 1 saturated carbocycles. The quantitative estimate of drug-likeness (QED) is 0.796. The lowest BCUT2D eigenvalue weighted by Gasteiger charge is -2.41. The molecule has 3 N–H and O–H groups in total. The largest absolute Gasteiger partial charge is 0.377 e. The smallest absolute Gasteiger partial charge is 0.261 e. The molecule has 3 unspecified atom stereocenters. The zero-order valence-electron chi connectivity index (χ0n) is 10.4. The van der Waals surface area contributed by atoms with Gasteiger partial charge in [0.1, 0.15) is 0 Å². The summed E-state index contributed by atoms with van der Waals surface area (Å²) in [7, 11) is -4.03. The van der Waals surface area contributed by atoms with Crippen LogP contribution in [-0.2, 0) is 14.8 Å². The molecule has 1 aliphatic rings. The highest BCUT2D eigenvalue weighted by molar-refractivity contribution is 7.89. The number of hydrogen-bond acceptors (Lipinski definition) is 5. The van der Waals surface area contributed by atoms with Crippen molar-refractivity contribution in [2.45, 2.75) is 36.6 Å². The van der Waals surface area contributed by atoms with Crippen molar-refractivity contribution in [3.05, 3.63) is 24.1 Å². The van der Waals surface area contributed by atoms with E-state index in [1.807, 2.05) is 6.92 Å². The van der Waals surface area contributed by atoms with Gasteiger partial charge < -0.3 is 10.5 Å². The topological polar surface area (TPSA) is 94.3 Å². The Kier molecular flexibility index (Phi) is 4.14. The average Bonchev–Trinajstić information content (AvgIpc) is 2.36. The molecule has 0 aliphatic heterocycles. The number of hydrogen-bond donors (Lipinski definition) is 2. The standard InChI is InChI=1S/C11H16FN3O3S/c1-2-18-9-6-8(13)10(9)15-19(16,17)11-7(12)4-3-5-14-11/h3-5,8-10,15H,2,6,13H2,1H3. The third-order valence-corrected chi connectivity index (χ3v) is 4.41. The maximum absolute atomic E-state index is 13.5. The number of nitrogens with one attached hydrogen (secondary N) is 1. The van der Waals surface area contributed by atoms with Crippen molar-refractivity contribution < 1.29 is 17.5 Å². The minimum Gasteiger partial charge on any atom is -0.377 e. The molecule has 0 saturated heterocycles. The lowest BCUT2D eigenvalue weighted by atomic mass is 9.84. The third kappa shape index (κ3) is 2.92. The lowest BCUT2D eigenvalue weighted by Crippen LogP contribution is -2.64. The second-order valence-corrected chi connectivity index (χ2v) is 5.96. The number of sulfonamides is 1. The molecule has 3 atom stereocenters. The molecule has 1 aliphatic carbocycles. The van der Waals surface area contributed by atoms with E-state index < -0.39 is 26.9 Å². The molecule has 1 aromatic rings. The summed E-state index contributed by atoms with van der Waals surface area (Å²) in [4.78, 5) is 3.55. The van der Waals surface area contributed by atoms with Gasteiger partial charge in [-0.15, -0.1) is 0 Å². The van der Waals surface area contributed by atoms with Crippen LogP contribution in [0.3, 0.4) is 0 Å². The van der Waals surface area contributed by atoms with E-state index in [-0.39, 0.29) is 12.1 Å². The first kappa shape index (κ1) is 14.3. The summed E-state index contributed by atoms with van der Waals surface area (Å²) >= 11 is 0. The van der Waals surface area contributed by atoms with Crippen LogP contribution in [0.2, 0.25) is 0 Å².